The zero-order valence-corrected chi connectivity index (χ0v) is 18.3. The fourth-order valence-corrected chi connectivity index (χ4v) is 4.00. The second-order valence-electron chi connectivity index (χ2n) is 7.32. The number of nitrogens with one attached hydrogen (secondary N) is 1. The van der Waals surface area contributed by atoms with Crippen molar-refractivity contribution in [3.05, 3.63) is 59.7 Å². The molecule has 0 unspecified atom stereocenters. The molecule has 0 fully saturated rings. The van der Waals surface area contributed by atoms with Gasteiger partial charge in [-0.25, -0.2) is 8.42 Å². The first-order chi connectivity index (χ1) is 13.7. The van der Waals surface area contributed by atoms with E-state index >= 15 is 0 Å². The molecule has 0 aliphatic carbocycles. The van der Waals surface area contributed by atoms with Crippen molar-refractivity contribution in [1.29, 1.82) is 0 Å². The second-order valence-corrected chi connectivity index (χ2v) is 9.22. The van der Waals surface area contributed by atoms with Gasteiger partial charge in [-0.05, 0) is 56.5 Å². The molecule has 2 rings (SSSR count). The number of nitrogens with zero attached hydrogens (tertiary/aromatic N) is 1. The molecule has 2 aromatic carbocycles. The number of hydrogen-bond acceptors (Lipinski definition) is 4. The van der Waals surface area contributed by atoms with Gasteiger partial charge in [0, 0.05) is 19.5 Å². The number of amides is 1. The predicted molar refractivity (Wildman–Crippen MR) is 117 cm³/mol. The van der Waals surface area contributed by atoms with E-state index in [1.807, 2.05) is 63.2 Å². The number of benzene rings is 2. The van der Waals surface area contributed by atoms with Gasteiger partial charge in [0.15, 0.2) is 0 Å². The summed E-state index contributed by atoms with van der Waals surface area (Å²) in [6, 6.07) is 14.9. The third kappa shape index (κ3) is 7.42. The van der Waals surface area contributed by atoms with Crippen LogP contribution in [0.25, 0.3) is 0 Å². The summed E-state index contributed by atoms with van der Waals surface area (Å²) in [6.07, 6.45) is 1.96. The molecule has 0 atom stereocenters. The van der Waals surface area contributed by atoms with E-state index in [4.69, 9.17) is 4.74 Å². The van der Waals surface area contributed by atoms with Crippen LogP contribution in [0.3, 0.4) is 0 Å². The summed E-state index contributed by atoms with van der Waals surface area (Å²) in [6.45, 7) is 6.46. The highest BCUT2D eigenvalue weighted by Crippen LogP contribution is 2.22. The van der Waals surface area contributed by atoms with E-state index in [9.17, 15) is 13.2 Å². The first-order valence-corrected chi connectivity index (χ1v) is 11.6. The fourth-order valence-electron chi connectivity index (χ4n) is 2.98. The maximum absolute atomic E-state index is 12.2. The predicted octanol–water partition coefficient (Wildman–Crippen LogP) is 3.64. The normalized spacial score (nSPS) is 11.3. The van der Waals surface area contributed by atoms with Gasteiger partial charge in [0.2, 0.25) is 15.9 Å². The van der Waals surface area contributed by atoms with Crippen LogP contribution in [0.1, 0.15) is 37.8 Å². The molecule has 0 radical (unpaired) electrons. The van der Waals surface area contributed by atoms with Crippen molar-refractivity contribution in [2.24, 2.45) is 0 Å². The minimum absolute atomic E-state index is 0.0888. The lowest BCUT2D eigenvalue weighted by molar-refractivity contribution is -0.121. The van der Waals surface area contributed by atoms with Gasteiger partial charge in [-0.15, -0.1) is 0 Å². The van der Waals surface area contributed by atoms with Crippen molar-refractivity contribution in [1.82, 2.24) is 5.32 Å². The molecule has 29 heavy (non-hydrogen) atoms. The monoisotopic (exact) mass is 418 g/mol. The maximum Gasteiger partial charge on any atom is 0.232 e. The van der Waals surface area contributed by atoms with E-state index in [0.717, 1.165) is 16.9 Å². The molecule has 0 saturated carbocycles. The number of para-hydroxylation sites is 1. The molecule has 1 amide bonds. The van der Waals surface area contributed by atoms with Crippen LogP contribution in [0, 0.1) is 6.92 Å². The standard InChI is InChI=1S/C22H30N2O4S/c1-17(2)28-20-11-7-10-19(15-20)16-23-22(25)13-8-14-24(29(4,26)27)21-12-6-5-9-18(21)3/h5-7,9-12,15,17H,8,13-14,16H2,1-4H3,(H,23,25). The van der Waals surface area contributed by atoms with Crippen molar-refractivity contribution < 1.29 is 17.9 Å². The number of ether oxygens (including phenoxy) is 1. The summed E-state index contributed by atoms with van der Waals surface area (Å²) >= 11 is 0. The highest BCUT2D eigenvalue weighted by molar-refractivity contribution is 7.92. The first-order valence-electron chi connectivity index (χ1n) is 9.72. The molecule has 0 aromatic heterocycles. The van der Waals surface area contributed by atoms with Gasteiger partial charge >= 0.3 is 0 Å². The molecule has 2 aromatic rings. The Morgan fingerprint density at radius 1 is 1.14 bits per heavy atom. The van der Waals surface area contributed by atoms with Crippen molar-refractivity contribution in [2.75, 3.05) is 17.1 Å². The van der Waals surface area contributed by atoms with Gasteiger partial charge in [-0.2, -0.15) is 0 Å². The van der Waals surface area contributed by atoms with Crippen molar-refractivity contribution in [3.8, 4) is 5.75 Å². The average Bonchev–Trinajstić information content (AvgIpc) is 2.63. The molecule has 7 heteroatoms. The second kappa shape index (κ2) is 10.3. The number of hydrogen-bond donors (Lipinski definition) is 1. The fraction of sp³-hybridized carbons (Fsp3) is 0.409. The quantitative estimate of drug-likeness (QED) is 0.639. The first kappa shape index (κ1) is 22.7. The lowest BCUT2D eigenvalue weighted by Crippen LogP contribution is -2.32. The summed E-state index contributed by atoms with van der Waals surface area (Å²) in [5.41, 5.74) is 2.48. The van der Waals surface area contributed by atoms with Gasteiger partial charge in [0.1, 0.15) is 5.75 Å². The molecule has 0 aliphatic rings. The third-order valence-corrected chi connectivity index (χ3v) is 5.49. The Morgan fingerprint density at radius 2 is 1.86 bits per heavy atom. The number of carbonyl (C=O) groups excluding carboxylic acids is 1. The molecule has 0 aliphatic heterocycles. The summed E-state index contributed by atoms with van der Waals surface area (Å²) in [5, 5.41) is 2.88. The van der Waals surface area contributed by atoms with E-state index in [1.165, 1.54) is 10.6 Å². The van der Waals surface area contributed by atoms with Gasteiger partial charge in [0.05, 0.1) is 18.0 Å². The Kier molecular flexibility index (Phi) is 8.08. The van der Waals surface area contributed by atoms with Crippen LogP contribution in [0.4, 0.5) is 5.69 Å². The molecule has 0 saturated heterocycles. The van der Waals surface area contributed by atoms with Crippen LogP contribution in [-0.4, -0.2) is 33.2 Å². The van der Waals surface area contributed by atoms with Gasteiger partial charge in [0.25, 0.3) is 0 Å². The minimum Gasteiger partial charge on any atom is -0.491 e. The Bertz CT molecular complexity index is 926. The van der Waals surface area contributed by atoms with Gasteiger partial charge in [-0.3, -0.25) is 9.10 Å². The number of carbonyl (C=O) groups is 1. The highest BCUT2D eigenvalue weighted by atomic mass is 32.2. The van der Waals surface area contributed by atoms with E-state index in [0.29, 0.717) is 18.7 Å². The van der Waals surface area contributed by atoms with E-state index < -0.39 is 10.0 Å². The van der Waals surface area contributed by atoms with Crippen molar-refractivity contribution in [3.63, 3.8) is 0 Å². The molecule has 6 nitrogen and oxygen atoms in total. The Hall–Kier alpha value is -2.54. The number of anilines is 1. The zero-order valence-electron chi connectivity index (χ0n) is 17.5. The van der Waals surface area contributed by atoms with Crippen molar-refractivity contribution >= 4 is 21.6 Å². The molecular weight excluding hydrogens is 388 g/mol. The zero-order chi connectivity index (χ0) is 21.4. The Morgan fingerprint density at radius 3 is 2.52 bits per heavy atom. The Balaban J connectivity index is 1.88. The van der Waals surface area contributed by atoms with E-state index in [-0.39, 0.29) is 25.0 Å². The van der Waals surface area contributed by atoms with E-state index in [1.54, 1.807) is 6.07 Å². The summed E-state index contributed by atoms with van der Waals surface area (Å²) in [7, 11) is -3.42. The third-order valence-electron chi connectivity index (χ3n) is 4.31. The van der Waals surface area contributed by atoms with Crippen LogP contribution in [0.15, 0.2) is 48.5 Å². The summed E-state index contributed by atoms with van der Waals surface area (Å²) in [5.74, 6) is 0.659. The number of aryl methyl sites for hydroxylation is 1. The molecule has 0 heterocycles. The number of rotatable bonds is 10. The van der Waals surface area contributed by atoms with Crippen LogP contribution < -0.4 is 14.4 Å². The SMILES string of the molecule is Cc1ccccc1N(CCCC(=O)NCc1cccc(OC(C)C)c1)S(C)(=O)=O. The average molecular weight is 419 g/mol. The van der Waals surface area contributed by atoms with Crippen LogP contribution in [0.2, 0.25) is 0 Å². The topological polar surface area (TPSA) is 75.7 Å². The number of sulfonamides is 1. The molecular formula is C22H30N2O4S. The molecule has 0 spiro atoms. The van der Waals surface area contributed by atoms with Crippen molar-refractivity contribution in [2.45, 2.75) is 46.3 Å². The van der Waals surface area contributed by atoms with Crippen LogP contribution >= 0.6 is 0 Å². The summed E-state index contributed by atoms with van der Waals surface area (Å²) < 4.78 is 31.4. The highest BCUT2D eigenvalue weighted by Gasteiger charge is 2.19. The van der Waals surface area contributed by atoms with E-state index in [2.05, 4.69) is 5.32 Å². The minimum atomic E-state index is -3.42. The molecule has 0 bridgehead atoms. The van der Waals surface area contributed by atoms with Gasteiger partial charge < -0.3 is 10.1 Å². The lowest BCUT2D eigenvalue weighted by Gasteiger charge is -2.24. The largest absolute Gasteiger partial charge is 0.491 e. The van der Waals surface area contributed by atoms with Crippen LogP contribution in [-0.2, 0) is 21.4 Å². The lowest BCUT2D eigenvalue weighted by atomic mass is 10.2. The molecule has 158 valence electrons. The molecule has 1 N–H and O–H groups in total. The summed E-state index contributed by atoms with van der Waals surface area (Å²) in [4.78, 5) is 12.2. The maximum atomic E-state index is 12.2. The Labute approximate surface area is 173 Å². The smallest absolute Gasteiger partial charge is 0.232 e. The van der Waals surface area contributed by atoms with Gasteiger partial charge in [-0.1, -0.05) is 30.3 Å². The van der Waals surface area contributed by atoms with Crippen LogP contribution in [0.5, 0.6) is 5.75 Å².